The highest BCUT2D eigenvalue weighted by molar-refractivity contribution is 6.06. The normalized spacial score (nSPS) is 19.8. The summed E-state index contributed by atoms with van der Waals surface area (Å²) in [7, 11) is 0. The highest BCUT2D eigenvalue weighted by atomic mass is 19.1. The molecule has 0 spiro atoms. The van der Waals surface area contributed by atoms with Crippen molar-refractivity contribution in [3.05, 3.63) is 29.6 Å². The van der Waals surface area contributed by atoms with E-state index in [9.17, 15) is 14.0 Å². The van der Waals surface area contributed by atoms with Crippen molar-refractivity contribution in [2.75, 3.05) is 5.32 Å². The Labute approximate surface area is 91.8 Å². The molecule has 1 aliphatic rings. The minimum Gasteiger partial charge on any atom is -0.373 e. The number of rotatable bonds is 2. The Bertz CT molecular complexity index is 459. The van der Waals surface area contributed by atoms with Crippen LogP contribution in [0.5, 0.6) is 0 Å². The van der Waals surface area contributed by atoms with Gasteiger partial charge in [-0.05, 0) is 24.6 Å². The molecule has 1 unspecified atom stereocenters. The molecule has 1 aromatic rings. The van der Waals surface area contributed by atoms with Crippen molar-refractivity contribution < 1.29 is 14.0 Å². The lowest BCUT2D eigenvalue weighted by atomic mass is 10.2. The number of benzene rings is 1. The number of amides is 2. The van der Waals surface area contributed by atoms with Gasteiger partial charge in [0.05, 0.1) is 6.42 Å². The molecule has 1 heterocycles. The standard InChI is InChI=1S/C11H11FN2O2/c1-6-2-3-7(4-8(6)12)13-9-5-10(15)14-11(9)16/h2-4,9,13H,5H2,1H3,(H,14,15,16). The third-order valence-electron chi connectivity index (χ3n) is 2.48. The minimum atomic E-state index is -0.602. The van der Waals surface area contributed by atoms with Crippen LogP contribution in [0.15, 0.2) is 18.2 Å². The monoisotopic (exact) mass is 222 g/mol. The largest absolute Gasteiger partial charge is 0.373 e. The Balaban J connectivity index is 2.12. The molecule has 16 heavy (non-hydrogen) atoms. The number of hydrogen-bond donors (Lipinski definition) is 2. The van der Waals surface area contributed by atoms with Crippen LogP contribution >= 0.6 is 0 Å². The summed E-state index contributed by atoms with van der Waals surface area (Å²) in [5.41, 5.74) is 1.04. The highest BCUT2D eigenvalue weighted by Crippen LogP contribution is 2.16. The number of carbonyl (C=O) groups is 2. The number of carbonyl (C=O) groups excluding carboxylic acids is 2. The Morgan fingerprint density at radius 3 is 2.75 bits per heavy atom. The van der Waals surface area contributed by atoms with Gasteiger partial charge in [0.1, 0.15) is 11.9 Å². The number of anilines is 1. The summed E-state index contributed by atoms with van der Waals surface area (Å²) in [6.45, 7) is 1.66. The predicted molar refractivity (Wildman–Crippen MR) is 56.3 cm³/mol. The van der Waals surface area contributed by atoms with Crippen LogP contribution in [-0.2, 0) is 9.59 Å². The van der Waals surface area contributed by atoms with Crippen LogP contribution < -0.4 is 10.6 Å². The van der Waals surface area contributed by atoms with E-state index in [1.165, 1.54) is 6.07 Å². The van der Waals surface area contributed by atoms with Gasteiger partial charge in [0.2, 0.25) is 11.8 Å². The predicted octanol–water partition coefficient (Wildman–Crippen LogP) is 0.961. The first-order chi connectivity index (χ1) is 7.56. The fourth-order valence-corrected chi connectivity index (χ4v) is 1.55. The molecular weight excluding hydrogens is 211 g/mol. The van der Waals surface area contributed by atoms with Crippen LogP contribution in [0.25, 0.3) is 0 Å². The average molecular weight is 222 g/mol. The third kappa shape index (κ3) is 2.03. The molecule has 2 N–H and O–H groups in total. The van der Waals surface area contributed by atoms with E-state index in [1.807, 2.05) is 0 Å². The molecule has 4 nitrogen and oxygen atoms in total. The third-order valence-corrected chi connectivity index (χ3v) is 2.48. The van der Waals surface area contributed by atoms with E-state index < -0.39 is 6.04 Å². The van der Waals surface area contributed by atoms with E-state index in [-0.39, 0.29) is 24.1 Å². The maximum absolute atomic E-state index is 13.2. The first-order valence-electron chi connectivity index (χ1n) is 4.92. The zero-order chi connectivity index (χ0) is 11.7. The van der Waals surface area contributed by atoms with E-state index in [2.05, 4.69) is 10.6 Å². The minimum absolute atomic E-state index is 0.0916. The van der Waals surface area contributed by atoms with Gasteiger partial charge >= 0.3 is 0 Å². The summed E-state index contributed by atoms with van der Waals surface area (Å²) in [5.74, 6) is -1.02. The summed E-state index contributed by atoms with van der Waals surface area (Å²) in [6, 6.07) is 4.00. The zero-order valence-corrected chi connectivity index (χ0v) is 8.71. The fourth-order valence-electron chi connectivity index (χ4n) is 1.55. The van der Waals surface area contributed by atoms with Gasteiger partial charge in [-0.2, -0.15) is 0 Å². The van der Waals surface area contributed by atoms with Crippen molar-refractivity contribution >= 4 is 17.5 Å². The van der Waals surface area contributed by atoms with Crippen LogP contribution in [0, 0.1) is 12.7 Å². The van der Waals surface area contributed by atoms with Crippen molar-refractivity contribution in [1.29, 1.82) is 0 Å². The molecule has 5 heteroatoms. The topological polar surface area (TPSA) is 58.2 Å². The second-order valence-electron chi connectivity index (χ2n) is 3.78. The number of hydrogen-bond acceptors (Lipinski definition) is 3. The molecular formula is C11H11FN2O2. The lowest BCUT2D eigenvalue weighted by molar-refractivity contribution is -0.124. The van der Waals surface area contributed by atoms with Gasteiger partial charge in [-0.3, -0.25) is 14.9 Å². The Hall–Kier alpha value is -1.91. The van der Waals surface area contributed by atoms with E-state index in [4.69, 9.17) is 0 Å². The lowest BCUT2D eigenvalue weighted by Gasteiger charge is -2.11. The van der Waals surface area contributed by atoms with E-state index in [1.54, 1.807) is 19.1 Å². The van der Waals surface area contributed by atoms with Crippen LogP contribution in [0.3, 0.4) is 0 Å². The molecule has 0 aliphatic carbocycles. The van der Waals surface area contributed by atoms with Gasteiger partial charge in [-0.15, -0.1) is 0 Å². The van der Waals surface area contributed by atoms with Crippen molar-refractivity contribution in [3.63, 3.8) is 0 Å². The quantitative estimate of drug-likeness (QED) is 0.733. The number of imide groups is 1. The Kier molecular flexibility index (Phi) is 2.60. The van der Waals surface area contributed by atoms with Crippen LogP contribution in [-0.4, -0.2) is 17.9 Å². The number of halogens is 1. The number of aryl methyl sites for hydroxylation is 1. The molecule has 1 aliphatic heterocycles. The molecule has 0 saturated carbocycles. The van der Waals surface area contributed by atoms with E-state index in [0.29, 0.717) is 11.3 Å². The fraction of sp³-hybridized carbons (Fsp3) is 0.273. The Morgan fingerprint density at radius 2 is 2.19 bits per heavy atom. The first-order valence-corrected chi connectivity index (χ1v) is 4.92. The number of nitrogens with one attached hydrogen (secondary N) is 2. The molecule has 2 amide bonds. The highest BCUT2D eigenvalue weighted by Gasteiger charge is 2.30. The van der Waals surface area contributed by atoms with Crippen LogP contribution in [0.4, 0.5) is 10.1 Å². The second kappa shape index (κ2) is 3.92. The van der Waals surface area contributed by atoms with Crippen molar-refractivity contribution in [2.45, 2.75) is 19.4 Å². The molecule has 2 rings (SSSR count). The van der Waals surface area contributed by atoms with Crippen molar-refractivity contribution in [2.24, 2.45) is 0 Å². The van der Waals surface area contributed by atoms with Crippen LogP contribution in [0.1, 0.15) is 12.0 Å². The molecule has 0 radical (unpaired) electrons. The molecule has 1 atom stereocenters. The van der Waals surface area contributed by atoms with E-state index >= 15 is 0 Å². The van der Waals surface area contributed by atoms with Gasteiger partial charge < -0.3 is 5.32 Å². The van der Waals surface area contributed by atoms with Crippen molar-refractivity contribution in [1.82, 2.24) is 5.32 Å². The summed E-state index contributed by atoms with van der Waals surface area (Å²) >= 11 is 0. The first kappa shape index (κ1) is 10.6. The summed E-state index contributed by atoms with van der Waals surface area (Å²) in [4.78, 5) is 22.2. The van der Waals surface area contributed by atoms with Gasteiger partial charge in [0.25, 0.3) is 0 Å². The molecule has 0 aromatic heterocycles. The Morgan fingerprint density at radius 1 is 1.44 bits per heavy atom. The molecule has 1 saturated heterocycles. The average Bonchev–Trinajstić information content (AvgIpc) is 2.51. The van der Waals surface area contributed by atoms with Crippen LogP contribution in [0.2, 0.25) is 0 Å². The van der Waals surface area contributed by atoms with Gasteiger partial charge in [-0.1, -0.05) is 6.07 Å². The maximum Gasteiger partial charge on any atom is 0.249 e. The van der Waals surface area contributed by atoms with Gasteiger partial charge in [-0.25, -0.2) is 4.39 Å². The van der Waals surface area contributed by atoms with Crippen molar-refractivity contribution in [3.8, 4) is 0 Å². The van der Waals surface area contributed by atoms with Gasteiger partial charge in [0, 0.05) is 5.69 Å². The maximum atomic E-state index is 13.2. The summed E-state index contributed by atoms with van der Waals surface area (Å²) in [6.07, 6.45) is 0.0916. The van der Waals surface area contributed by atoms with E-state index in [0.717, 1.165) is 0 Å². The molecule has 1 fully saturated rings. The zero-order valence-electron chi connectivity index (χ0n) is 8.71. The SMILES string of the molecule is Cc1ccc(NC2CC(=O)NC2=O)cc1F. The molecule has 84 valence electrons. The summed E-state index contributed by atoms with van der Waals surface area (Å²) in [5, 5.41) is 5.00. The van der Waals surface area contributed by atoms with Gasteiger partial charge in [0.15, 0.2) is 0 Å². The molecule has 0 bridgehead atoms. The summed E-state index contributed by atoms with van der Waals surface area (Å²) < 4.78 is 13.2. The lowest BCUT2D eigenvalue weighted by Crippen LogP contribution is -2.30. The smallest absolute Gasteiger partial charge is 0.249 e. The molecule has 1 aromatic carbocycles. The second-order valence-corrected chi connectivity index (χ2v) is 3.78.